The van der Waals surface area contributed by atoms with Gasteiger partial charge in [0.05, 0.1) is 24.2 Å². The average Bonchev–Trinajstić information content (AvgIpc) is 3.41. The quantitative estimate of drug-likeness (QED) is 0.257. The van der Waals surface area contributed by atoms with Crippen LogP contribution >= 0.6 is 24.0 Å². The van der Waals surface area contributed by atoms with E-state index in [-0.39, 0.29) is 24.0 Å². The van der Waals surface area contributed by atoms with E-state index >= 15 is 0 Å². The third-order valence-electron chi connectivity index (χ3n) is 4.75. The molecule has 0 spiro atoms. The SMILES string of the molecule is CCNC(=NCCn1c(C)nc2ccccc21)N(C)CCOCC1CC1.I. The van der Waals surface area contributed by atoms with Gasteiger partial charge in [-0.15, -0.1) is 24.0 Å². The highest BCUT2D eigenvalue weighted by Gasteiger charge is 2.21. The van der Waals surface area contributed by atoms with Gasteiger partial charge in [0.15, 0.2) is 5.96 Å². The Hall–Kier alpha value is -1.35. The first kappa shape index (κ1) is 21.9. The summed E-state index contributed by atoms with van der Waals surface area (Å²) in [5, 5.41) is 3.37. The number of aromatic nitrogens is 2. The van der Waals surface area contributed by atoms with Crippen LogP contribution in [0.4, 0.5) is 0 Å². The summed E-state index contributed by atoms with van der Waals surface area (Å²) in [4.78, 5) is 11.6. The fourth-order valence-electron chi connectivity index (χ4n) is 3.05. The van der Waals surface area contributed by atoms with Crippen LogP contribution < -0.4 is 5.32 Å². The number of imidazole rings is 1. The van der Waals surface area contributed by atoms with E-state index in [1.165, 1.54) is 18.4 Å². The average molecular weight is 485 g/mol. The summed E-state index contributed by atoms with van der Waals surface area (Å²) >= 11 is 0. The number of ether oxygens (including phenoxy) is 1. The van der Waals surface area contributed by atoms with E-state index in [1.807, 2.05) is 6.07 Å². The zero-order chi connectivity index (χ0) is 18.4. The minimum atomic E-state index is 0. The molecule has 1 aromatic carbocycles. The molecule has 2 aromatic rings. The van der Waals surface area contributed by atoms with E-state index in [9.17, 15) is 0 Å². The van der Waals surface area contributed by atoms with Crippen molar-refractivity contribution >= 4 is 41.0 Å². The number of aryl methyl sites for hydroxylation is 1. The summed E-state index contributed by atoms with van der Waals surface area (Å²) < 4.78 is 7.98. The maximum Gasteiger partial charge on any atom is 0.193 e. The molecule has 150 valence electrons. The van der Waals surface area contributed by atoms with E-state index in [2.05, 4.69) is 58.9 Å². The normalized spacial score (nSPS) is 14.3. The van der Waals surface area contributed by atoms with E-state index in [0.717, 1.165) is 62.6 Å². The third-order valence-corrected chi connectivity index (χ3v) is 4.75. The highest BCUT2D eigenvalue weighted by molar-refractivity contribution is 14.0. The second kappa shape index (κ2) is 10.8. The molecule has 1 fully saturated rings. The number of nitrogens with zero attached hydrogens (tertiary/aromatic N) is 4. The molecular weight excluding hydrogens is 453 g/mol. The van der Waals surface area contributed by atoms with Gasteiger partial charge in [-0.1, -0.05) is 12.1 Å². The number of nitrogens with one attached hydrogen (secondary N) is 1. The summed E-state index contributed by atoms with van der Waals surface area (Å²) in [6.07, 6.45) is 2.67. The standard InChI is InChI=1S/C20H31N5O.HI/c1-4-21-20(24(3)13-14-26-15-17-9-10-17)22-11-12-25-16(2)23-18-7-5-6-8-19(18)25;/h5-8,17H,4,9-15H2,1-3H3,(H,21,22);1H. The Kier molecular flexibility index (Phi) is 8.82. The largest absolute Gasteiger partial charge is 0.379 e. The Morgan fingerprint density at radius 3 is 2.89 bits per heavy atom. The van der Waals surface area contributed by atoms with Gasteiger partial charge < -0.3 is 19.5 Å². The zero-order valence-corrected chi connectivity index (χ0v) is 19.0. The first-order valence-electron chi connectivity index (χ1n) is 9.68. The van der Waals surface area contributed by atoms with Gasteiger partial charge in [0.1, 0.15) is 5.82 Å². The molecule has 1 aliphatic carbocycles. The summed E-state index contributed by atoms with van der Waals surface area (Å²) in [7, 11) is 2.07. The maximum absolute atomic E-state index is 5.75. The molecule has 7 heteroatoms. The van der Waals surface area contributed by atoms with Gasteiger partial charge in [0, 0.05) is 33.3 Å². The molecular formula is C20H32IN5O. The number of rotatable bonds is 9. The molecule has 1 aromatic heterocycles. The Morgan fingerprint density at radius 1 is 1.37 bits per heavy atom. The van der Waals surface area contributed by atoms with Crippen molar-refractivity contribution in [3.63, 3.8) is 0 Å². The number of halogens is 1. The van der Waals surface area contributed by atoms with Gasteiger partial charge in [-0.05, 0) is 44.7 Å². The van der Waals surface area contributed by atoms with Crippen molar-refractivity contribution in [2.24, 2.45) is 10.9 Å². The first-order chi connectivity index (χ1) is 12.7. The molecule has 0 unspecified atom stereocenters. The number of guanidine groups is 1. The Balaban J connectivity index is 0.00000261. The number of aliphatic imine (C=N–C) groups is 1. The molecule has 0 bridgehead atoms. The van der Waals surface area contributed by atoms with Crippen molar-refractivity contribution in [3.8, 4) is 0 Å². The van der Waals surface area contributed by atoms with Crippen LogP contribution in [0, 0.1) is 12.8 Å². The highest BCUT2D eigenvalue weighted by atomic mass is 127. The van der Waals surface area contributed by atoms with E-state index in [1.54, 1.807) is 0 Å². The summed E-state index contributed by atoms with van der Waals surface area (Å²) in [6, 6.07) is 8.26. The van der Waals surface area contributed by atoms with Crippen LogP contribution in [0.15, 0.2) is 29.3 Å². The van der Waals surface area contributed by atoms with Gasteiger partial charge in [-0.2, -0.15) is 0 Å². The summed E-state index contributed by atoms with van der Waals surface area (Å²) in [5.74, 6) is 2.79. The number of likely N-dealkylation sites (N-methyl/N-ethyl adjacent to an activating group) is 1. The number of fused-ring (bicyclic) bond motifs is 1. The van der Waals surface area contributed by atoms with Crippen LogP contribution in [-0.4, -0.2) is 60.3 Å². The number of hydrogen-bond acceptors (Lipinski definition) is 3. The van der Waals surface area contributed by atoms with Crippen molar-refractivity contribution in [1.82, 2.24) is 19.8 Å². The molecule has 1 N–H and O–H groups in total. The van der Waals surface area contributed by atoms with Crippen molar-refractivity contribution < 1.29 is 4.74 Å². The monoisotopic (exact) mass is 485 g/mol. The molecule has 1 saturated carbocycles. The van der Waals surface area contributed by atoms with Gasteiger partial charge in [-0.25, -0.2) is 4.98 Å². The second-order valence-electron chi connectivity index (χ2n) is 6.97. The van der Waals surface area contributed by atoms with Crippen LogP contribution in [0.25, 0.3) is 11.0 Å². The van der Waals surface area contributed by atoms with Gasteiger partial charge in [0.25, 0.3) is 0 Å². The fourth-order valence-corrected chi connectivity index (χ4v) is 3.05. The lowest BCUT2D eigenvalue weighted by Gasteiger charge is -2.22. The Bertz CT molecular complexity index is 741. The van der Waals surface area contributed by atoms with Crippen molar-refractivity contribution in [3.05, 3.63) is 30.1 Å². The van der Waals surface area contributed by atoms with E-state index < -0.39 is 0 Å². The Morgan fingerprint density at radius 2 is 2.15 bits per heavy atom. The van der Waals surface area contributed by atoms with Gasteiger partial charge in [-0.3, -0.25) is 4.99 Å². The minimum Gasteiger partial charge on any atom is -0.379 e. The summed E-state index contributed by atoms with van der Waals surface area (Å²) in [5.41, 5.74) is 2.22. The third kappa shape index (κ3) is 6.34. The molecule has 0 atom stereocenters. The lowest BCUT2D eigenvalue weighted by molar-refractivity contribution is 0.115. The Labute approximate surface area is 179 Å². The van der Waals surface area contributed by atoms with Crippen LogP contribution in [0.3, 0.4) is 0 Å². The molecule has 0 saturated heterocycles. The molecule has 0 amide bonds. The van der Waals surface area contributed by atoms with Crippen LogP contribution in [0.5, 0.6) is 0 Å². The topological polar surface area (TPSA) is 54.7 Å². The first-order valence-corrected chi connectivity index (χ1v) is 9.68. The molecule has 6 nitrogen and oxygen atoms in total. The molecule has 1 aliphatic rings. The number of benzene rings is 1. The molecule has 0 radical (unpaired) electrons. The van der Waals surface area contributed by atoms with Crippen LogP contribution in [0.2, 0.25) is 0 Å². The second-order valence-corrected chi connectivity index (χ2v) is 6.97. The van der Waals surface area contributed by atoms with Crippen molar-refractivity contribution in [2.45, 2.75) is 33.2 Å². The minimum absolute atomic E-state index is 0. The molecule has 1 heterocycles. The lowest BCUT2D eigenvalue weighted by atomic mass is 10.3. The lowest BCUT2D eigenvalue weighted by Crippen LogP contribution is -2.40. The number of hydrogen-bond donors (Lipinski definition) is 1. The van der Waals surface area contributed by atoms with Crippen LogP contribution in [-0.2, 0) is 11.3 Å². The highest BCUT2D eigenvalue weighted by Crippen LogP contribution is 2.28. The number of para-hydroxylation sites is 2. The van der Waals surface area contributed by atoms with E-state index in [0.29, 0.717) is 0 Å². The van der Waals surface area contributed by atoms with Gasteiger partial charge >= 0.3 is 0 Å². The zero-order valence-electron chi connectivity index (χ0n) is 16.6. The smallest absolute Gasteiger partial charge is 0.193 e. The predicted molar refractivity (Wildman–Crippen MR) is 122 cm³/mol. The van der Waals surface area contributed by atoms with Crippen LogP contribution in [0.1, 0.15) is 25.6 Å². The molecule has 3 rings (SSSR count). The summed E-state index contributed by atoms with van der Waals surface area (Å²) in [6.45, 7) is 9.07. The fraction of sp³-hybridized carbons (Fsp3) is 0.600. The molecule has 27 heavy (non-hydrogen) atoms. The van der Waals surface area contributed by atoms with Crippen molar-refractivity contribution in [1.29, 1.82) is 0 Å². The van der Waals surface area contributed by atoms with Crippen molar-refractivity contribution in [2.75, 3.05) is 39.9 Å². The molecule has 0 aliphatic heterocycles. The van der Waals surface area contributed by atoms with Gasteiger partial charge in [0.2, 0.25) is 0 Å². The maximum atomic E-state index is 5.75. The van der Waals surface area contributed by atoms with E-state index in [4.69, 9.17) is 9.73 Å². The predicted octanol–water partition coefficient (Wildman–Crippen LogP) is 3.29.